The van der Waals surface area contributed by atoms with E-state index in [-0.39, 0.29) is 23.3 Å². The number of likely N-dealkylation sites (N-methyl/N-ethyl adjacent to an activating group) is 1. The highest BCUT2D eigenvalue weighted by atomic mass is 32.2. The topological polar surface area (TPSA) is 86.8 Å². The minimum absolute atomic E-state index is 0.00967. The van der Waals surface area contributed by atoms with Gasteiger partial charge >= 0.3 is 0 Å². The van der Waals surface area contributed by atoms with Crippen LogP contribution in [0.15, 0.2) is 77.7 Å². The molecular formula is C30H36FN3O4S. The maximum absolute atomic E-state index is 13.9. The summed E-state index contributed by atoms with van der Waals surface area (Å²) in [5.41, 5.74) is 2.88. The summed E-state index contributed by atoms with van der Waals surface area (Å²) >= 11 is 0. The number of hydrogen-bond donors (Lipinski definition) is 1. The molecule has 0 unspecified atom stereocenters. The van der Waals surface area contributed by atoms with Crippen LogP contribution in [0.2, 0.25) is 0 Å². The molecular weight excluding hydrogens is 517 g/mol. The van der Waals surface area contributed by atoms with Gasteiger partial charge in [0.2, 0.25) is 11.8 Å². The Morgan fingerprint density at radius 2 is 1.51 bits per heavy atom. The highest BCUT2D eigenvalue weighted by Gasteiger charge is 2.33. The highest BCUT2D eigenvalue weighted by Crippen LogP contribution is 2.27. The van der Waals surface area contributed by atoms with Gasteiger partial charge < -0.3 is 10.2 Å². The molecule has 0 radical (unpaired) electrons. The quantitative estimate of drug-likeness (QED) is 0.362. The first-order valence-corrected chi connectivity index (χ1v) is 14.4. The Balaban J connectivity index is 2.06. The third-order valence-electron chi connectivity index (χ3n) is 6.63. The van der Waals surface area contributed by atoms with Gasteiger partial charge in [-0.05, 0) is 66.8 Å². The molecule has 7 nitrogen and oxygen atoms in total. The van der Waals surface area contributed by atoms with Crippen LogP contribution in [0.1, 0.15) is 49.8 Å². The van der Waals surface area contributed by atoms with Crippen molar-refractivity contribution in [2.24, 2.45) is 0 Å². The van der Waals surface area contributed by atoms with E-state index in [9.17, 15) is 22.4 Å². The molecule has 0 fully saturated rings. The first-order chi connectivity index (χ1) is 18.5. The lowest BCUT2D eigenvalue weighted by Gasteiger charge is -2.33. The number of sulfonamides is 1. The van der Waals surface area contributed by atoms with Crippen molar-refractivity contribution in [1.82, 2.24) is 10.2 Å². The van der Waals surface area contributed by atoms with E-state index >= 15 is 0 Å². The van der Waals surface area contributed by atoms with Crippen LogP contribution in [0.5, 0.6) is 0 Å². The molecule has 3 aromatic rings. The highest BCUT2D eigenvalue weighted by molar-refractivity contribution is 7.92. The number of anilines is 1. The van der Waals surface area contributed by atoms with E-state index < -0.39 is 34.3 Å². The van der Waals surface area contributed by atoms with Gasteiger partial charge in [0.1, 0.15) is 18.4 Å². The largest absolute Gasteiger partial charge is 0.357 e. The first-order valence-electron chi connectivity index (χ1n) is 12.9. The van der Waals surface area contributed by atoms with Crippen molar-refractivity contribution in [2.45, 2.75) is 57.5 Å². The molecule has 0 bridgehead atoms. The van der Waals surface area contributed by atoms with Crippen molar-refractivity contribution in [3.05, 3.63) is 95.3 Å². The zero-order valence-corrected chi connectivity index (χ0v) is 23.8. The van der Waals surface area contributed by atoms with Gasteiger partial charge in [0, 0.05) is 13.6 Å². The Labute approximate surface area is 230 Å². The number of hydrogen-bond acceptors (Lipinski definition) is 4. The van der Waals surface area contributed by atoms with Gasteiger partial charge in [-0.25, -0.2) is 12.8 Å². The summed E-state index contributed by atoms with van der Waals surface area (Å²) in [6.45, 7) is 7.20. The molecule has 1 N–H and O–H groups in total. The van der Waals surface area contributed by atoms with Gasteiger partial charge in [-0.15, -0.1) is 0 Å². The number of carbonyl (C=O) groups is 2. The molecule has 2 amide bonds. The Bertz CT molecular complexity index is 1370. The van der Waals surface area contributed by atoms with Crippen molar-refractivity contribution in [1.29, 1.82) is 0 Å². The normalized spacial score (nSPS) is 12.2. The molecule has 39 heavy (non-hydrogen) atoms. The van der Waals surface area contributed by atoms with E-state index in [2.05, 4.69) is 5.32 Å². The lowest BCUT2D eigenvalue weighted by Crippen LogP contribution is -2.51. The van der Waals surface area contributed by atoms with Crippen molar-refractivity contribution in [2.75, 3.05) is 17.9 Å². The monoisotopic (exact) mass is 553 g/mol. The second kappa shape index (κ2) is 12.9. The second-order valence-electron chi connectivity index (χ2n) is 9.76. The summed E-state index contributed by atoms with van der Waals surface area (Å²) in [6, 6.07) is 18.3. The number of nitrogens with zero attached hydrogens (tertiary/aromatic N) is 2. The number of amides is 2. The van der Waals surface area contributed by atoms with Crippen LogP contribution in [0.3, 0.4) is 0 Å². The van der Waals surface area contributed by atoms with Crippen LogP contribution >= 0.6 is 0 Å². The molecule has 0 aliphatic carbocycles. The van der Waals surface area contributed by atoms with E-state index in [1.54, 1.807) is 31.2 Å². The van der Waals surface area contributed by atoms with Crippen LogP contribution in [0, 0.1) is 12.7 Å². The molecule has 0 aliphatic heterocycles. The summed E-state index contributed by atoms with van der Waals surface area (Å²) in [5, 5.41) is 2.58. The molecule has 208 valence electrons. The van der Waals surface area contributed by atoms with Gasteiger partial charge in [0.15, 0.2) is 0 Å². The van der Waals surface area contributed by atoms with Crippen LogP contribution < -0.4 is 9.62 Å². The zero-order valence-electron chi connectivity index (χ0n) is 23.0. The van der Waals surface area contributed by atoms with Crippen molar-refractivity contribution in [3.8, 4) is 0 Å². The minimum Gasteiger partial charge on any atom is -0.357 e. The number of aryl methyl sites for hydroxylation is 1. The first kappa shape index (κ1) is 29.8. The molecule has 0 saturated heterocycles. The maximum Gasteiger partial charge on any atom is 0.264 e. The van der Waals surface area contributed by atoms with E-state index in [0.29, 0.717) is 17.7 Å². The van der Waals surface area contributed by atoms with E-state index in [0.717, 1.165) is 15.4 Å². The van der Waals surface area contributed by atoms with Gasteiger partial charge in [-0.2, -0.15) is 0 Å². The maximum atomic E-state index is 13.9. The van der Waals surface area contributed by atoms with Crippen LogP contribution in [0.4, 0.5) is 10.1 Å². The van der Waals surface area contributed by atoms with E-state index in [1.807, 2.05) is 32.9 Å². The SMILES string of the molecule is CC[C@@H](C(=O)NC)N(Cc1ccc(F)cc1)C(=O)CN(c1ccc(C(C)C)cc1)S(=O)(=O)c1ccc(C)cc1. The Morgan fingerprint density at radius 1 is 0.923 bits per heavy atom. The number of halogens is 1. The summed E-state index contributed by atoms with van der Waals surface area (Å²) < 4.78 is 42.4. The van der Waals surface area contributed by atoms with E-state index in [1.165, 1.54) is 48.3 Å². The fourth-order valence-corrected chi connectivity index (χ4v) is 5.68. The smallest absolute Gasteiger partial charge is 0.264 e. The van der Waals surface area contributed by atoms with Crippen molar-refractivity contribution < 1.29 is 22.4 Å². The molecule has 0 aromatic heterocycles. The van der Waals surface area contributed by atoms with E-state index in [4.69, 9.17) is 0 Å². The average molecular weight is 554 g/mol. The molecule has 3 rings (SSSR count). The number of benzene rings is 3. The average Bonchev–Trinajstić information content (AvgIpc) is 2.92. The summed E-state index contributed by atoms with van der Waals surface area (Å²) in [6.07, 6.45) is 0.306. The van der Waals surface area contributed by atoms with Crippen LogP contribution in [-0.4, -0.2) is 44.8 Å². The Hall–Kier alpha value is -3.72. The van der Waals surface area contributed by atoms with Gasteiger partial charge in [0.05, 0.1) is 10.6 Å². The summed E-state index contributed by atoms with van der Waals surface area (Å²) in [7, 11) is -2.65. The molecule has 0 spiro atoms. The fourth-order valence-electron chi connectivity index (χ4n) is 4.26. The van der Waals surface area contributed by atoms with Crippen LogP contribution in [-0.2, 0) is 26.2 Å². The molecule has 9 heteroatoms. The molecule has 0 heterocycles. The second-order valence-corrected chi connectivity index (χ2v) is 11.6. The third kappa shape index (κ3) is 7.23. The Morgan fingerprint density at radius 3 is 2.03 bits per heavy atom. The van der Waals surface area contributed by atoms with Crippen molar-refractivity contribution >= 4 is 27.5 Å². The lowest BCUT2D eigenvalue weighted by molar-refractivity contribution is -0.140. The van der Waals surface area contributed by atoms with Gasteiger partial charge in [-0.1, -0.05) is 62.7 Å². The standard InChI is InChI=1S/C30H36FN3O4S/c1-6-28(30(36)32-5)33(19-23-9-13-25(31)14-10-23)29(35)20-34(26-15-11-24(12-16-26)21(2)3)39(37,38)27-17-7-22(4)8-18-27/h7-18,21,28H,6,19-20H2,1-5H3,(H,32,36)/t28-/m0/s1. The number of carbonyl (C=O) groups excluding carboxylic acids is 2. The lowest BCUT2D eigenvalue weighted by atomic mass is 10.0. The summed E-state index contributed by atoms with van der Waals surface area (Å²) in [4.78, 5) is 28.0. The fraction of sp³-hybridized carbons (Fsp3) is 0.333. The van der Waals surface area contributed by atoms with Crippen LogP contribution in [0.25, 0.3) is 0 Å². The molecule has 0 saturated carbocycles. The van der Waals surface area contributed by atoms with Gasteiger partial charge in [-0.3, -0.25) is 13.9 Å². The molecule has 3 aromatic carbocycles. The van der Waals surface area contributed by atoms with Gasteiger partial charge in [0.25, 0.3) is 10.0 Å². The number of rotatable bonds is 11. The molecule has 0 aliphatic rings. The zero-order chi connectivity index (χ0) is 28.7. The number of nitrogens with one attached hydrogen (secondary N) is 1. The predicted octanol–water partition coefficient (Wildman–Crippen LogP) is 5.01. The van der Waals surface area contributed by atoms with Crippen molar-refractivity contribution in [3.63, 3.8) is 0 Å². The predicted molar refractivity (Wildman–Crippen MR) is 151 cm³/mol. The third-order valence-corrected chi connectivity index (χ3v) is 8.42. The Kier molecular flexibility index (Phi) is 9.86. The molecule has 1 atom stereocenters. The minimum atomic E-state index is -4.13. The summed E-state index contributed by atoms with van der Waals surface area (Å²) in [5.74, 6) is -1.11.